The van der Waals surface area contributed by atoms with E-state index in [2.05, 4.69) is 34.8 Å². The van der Waals surface area contributed by atoms with Crippen molar-refractivity contribution in [2.45, 2.75) is 32.4 Å². The van der Waals surface area contributed by atoms with Crippen LogP contribution in [0.3, 0.4) is 0 Å². The summed E-state index contributed by atoms with van der Waals surface area (Å²) in [4.78, 5) is 0. The van der Waals surface area contributed by atoms with Crippen molar-refractivity contribution in [1.82, 2.24) is 15.1 Å². The molecule has 0 bridgehead atoms. The number of benzene rings is 1. The van der Waals surface area contributed by atoms with Crippen molar-refractivity contribution in [3.63, 3.8) is 0 Å². The van der Waals surface area contributed by atoms with Crippen LogP contribution in [0.2, 0.25) is 0 Å². The van der Waals surface area contributed by atoms with Gasteiger partial charge in [-0.25, -0.2) is 0 Å². The maximum atomic E-state index is 5.26. The molecule has 0 saturated heterocycles. The SMILES string of the molecule is Cc1cc(NC(=S)NC2CC2)nn1Cc1ccccc1. The van der Waals surface area contributed by atoms with Crippen LogP contribution in [-0.2, 0) is 6.54 Å². The molecule has 2 aromatic rings. The molecule has 0 aliphatic heterocycles. The van der Waals surface area contributed by atoms with Gasteiger partial charge < -0.3 is 10.6 Å². The third-order valence-electron chi connectivity index (χ3n) is 3.31. The minimum absolute atomic E-state index is 0.558. The first-order valence-corrected chi connectivity index (χ1v) is 7.27. The topological polar surface area (TPSA) is 41.9 Å². The Kier molecular flexibility index (Phi) is 3.69. The molecule has 1 saturated carbocycles. The van der Waals surface area contributed by atoms with Crippen molar-refractivity contribution in [2.24, 2.45) is 0 Å². The summed E-state index contributed by atoms with van der Waals surface area (Å²) in [6.45, 7) is 2.83. The smallest absolute Gasteiger partial charge is 0.172 e. The number of nitrogens with one attached hydrogen (secondary N) is 2. The molecule has 0 radical (unpaired) electrons. The van der Waals surface area contributed by atoms with Gasteiger partial charge in [-0.3, -0.25) is 4.68 Å². The lowest BCUT2D eigenvalue weighted by Gasteiger charge is -2.07. The van der Waals surface area contributed by atoms with E-state index in [0.717, 1.165) is 18.1 Å². The molecule has 1 aromatic carbocycles. The van der Waals surface area contributed by atoms with Crippen molar-refractivity contribution in [1.29, 1.82) is 0 Å². The van der Waals surface area contributed by atoms with Gasteiger partial charge in [0, 0.05) is 17.8 Å². The average molecular weight is 286 g/mol. The average Bonchev–Trinajstić information content (AvgIpc) is 3.16. The highest BCUT2D eigenvalue weighted by molar-refractivity contribution is 7.80. The number of nitrogens with zero attached hydrogens (tertiary/aromatic N) is 2. The molecule has 4 nitrogen and oxygen atoms in total. The molecule has 104 valence electrons. The van der Waals surface area contributed by atoms with Crippen LogP contribution < -0.4 is 10.6 Å². The quantitative estimate of drug-likeness (QED) is 0.848. The molecule has 0 unspecified atom stereocenters. The van der Waals surface area contributed by atoms with E-state index in [1.54, 1.807) is 0 Å². The summed E-state index contributed by atoms with van der Waals surface area (Å²) in [7, 11) is 0. The number of rotatable bonds is 4. The lowest BCUT2D eigenvalue weighted by atomic mass is 10.2. The van der Waals surface area contributed by atoms with Gasteiger partial charge in [0.15, 0.2) is 10.9 Å². The molecule has 1 aliphatic rings. The molecule has 0 atom stereocenters. The van der Waals surface area contributed by atoms with Gasteiger partial charge in [-0.05, 0) is 37.5 Å². The Morgan fingerprint density at radius 3 is 2.80 bits per heavy atom. The summed E-state index contributed by atoms with van der Waals surface area (Å²) >= 11 is 5.26. The third-order valence-corrected chi connectivity index (χ3v) is 3.53. The Morgan fingerprint density at radius 2 is 2.10 bits per heavy atom. The fourth-order valence-electron chi connectivity index (χ4n) is 2.05. The Bertz CT molecular complexity index is 602. The van der Waals surface area contributed by atoms with E-state index in [1.165, 1.54) is 18.4 Å². The number of hydrogen-bond donors (Lipinski definition) is 2. The van der Waals surface area contributed by atoms with Gasteiger partial charge in [-0.2, -0.15) is 5.10 Å². The molecule has 0 spiro atoms. The largest absolute Gasteiger partial charge is 0.360 e. The summed E-state index contributed by atoms with van der Waals surface area (Å²) in [5.41, 5.74) is 2.36. The van der Waals surface area contributed by atoms with Crippen molar-refractivity contribution >= 4 is 23.1 Å². The van der Waals surface area contributed by atoms with Gasteiger partial charge in [0.25, 0.3) is 0 Å². The normalized spacial score (nSPS) is 14.1. The monoisotopic (exact) mass is 286 g/mol. The van der Waals surface area contributed by atoms with Crippen LogP contribution in [0.4, 0.5) is 5.82 Å². The fraction of sp³-hybridized carbons (Fsp3) is 0.333. The molecular formula is C15H18N4S. The highest BCUT2D eigenvalue weighted by atomic mass is 32.1. The zero-order chi connectivity index (χ0) is 13.9. The van der Waals surface area contributed by atoms with E-state index >= 15 is 0 Å². The van der Waals surface area contributed by atoms with Gasteiger partial charge >= 0.3 is 0 Å². The van der Waals surface area contributed by atoms with Crippen molar-refractivity contribution in [3.8, 4) is 0 Å². The van der Waals surface area contributed by atoms with E-state index in [9.17, 15) is 0 Å². The van der Waals surface area contributed by atoms with Gasteiger partial charge in [-0.15, -0.1) is 0 Å². The van der Waals surface area contributed by atoms with E-state index in [1.807, 2.05) is 28.9 Å². The molecular weight excluding hydrogens is 268 g/mol. The number of hydrogen-bond acceptors (Lipinski definition) is 2. The summed E-state index contributed by atoms with van der Waals surface area (Å²) in [6.07, 6.45) is 2.42. The summed E-state index contributed by atoms with van der Waals surface area (Å²) < 4.78 is 1.98. The van der Waals surface area contributed by atoms with Crippen LogP contribution in [0.15, 0.2) is 36.4 Å². The highest BCUT2D eigenvalue weighted by Crippen LogP contribution is 2.19. The van der Waals surface area contributed by atoms with Gasteiger partial charge in [0.05, 0.1) is 6.54 Å². The maximum Gasteiger partial charge on any atom is 0.172 e. The van der Waals surface area contributed by atoms with Crippen LogP contribution in [0, 0.1) is 6.92 Å². The first-order valence-electron chi connectivity index (χ1n) is 6.86. The summed E-state index contributed by atoms with van der Waals surface area (Å²) in [5, 5.41) is 11.6. The second-order valence-corrected chi connectivity index (χ2v) is 5.60. The second kappa shape index (κ2) is 5.63. The Hall–Kier alpha value is -1.88. The Morgan fingerprint density at radius 1 is 1.35 bits per heavy atom. The molecule has 1 aliphatic carbocycles. The first kappa shape index (κ1) is 13.1. The molecule has 3 rings (SSSR count). The van der Waals surface area contributed by atoms with Crippen LogP contribution in [0.1, 0.15) is 24.1 Å². The molecule has 1 heterocycles. The highest BCUT2D eigenvalue weighted by Gasteiger charge is 2.22. The summed E-state index contributed by atoms with van der Waals surface area (Å²) in [5.74, 6) is 0.802. The molecule has 5 heteroatoms. The minimum atomic E-state index is 0.558. The fourth-order valence-corrected chi connectivity index (χ4v) is 2.32. The Labute approximate surface area is 124 Å². The number of anilines is 1. The Balaban J connectivity index is 1.65. The standard InChI is InChI=1S/C15H18N4S/c1-11-9-14(17-15(20)16-13-7-8-13)18-19(11)10-12-5-3-2-4-6-12/h2-6,9,13H,7-8,10H2,1H3,(H2,16,17,18,20). The number of aryl methyl sites for hydroxylation is 1. The first-order chi connectivity index (χ1) is 9.70. The van der Waals surface area contributed by atoms with Crippen LogP contribution in [0.5, 0.6) is 0 Å². The van der Waals surface area contributed by atoms with Crippen molar-refractivity contribution in [2.75, 3.05) is 5.32 Å². The van der Waals surface area contributed by atoms with Crippen LogP contribution in [0.25, 0.3) is 0 Å². The van der Waals surface area contributed by atoms with Gasteiger partial charge in [-0.1, -0.05) is 30.3 Å². The predicted molar refractivity (Wildman–Crippen MR) is 84.9 cm³/mol. The van der Waals surface area contributed by atoms with E-state index in [4.69, 9.17) is 12.2 Å². The third kappa shape index (κ3) is 3.36. The lowest BCUT2D eigenvalue weighted by molar-refractivity contribution is 0.668. The molecule has 0 amide bonds. The molecule has 1 fully saturated rings. The summed E-state index contributed by atoms with van der Waals surface area (Å²) in [6, 6.07) is 12.9. The molecule has 2 N–H and O–H groups in total. The van der Waals surface area contributed by atoms with Crippen LogP contribution >= 0.6 is 12.2 Å². The van der Waals surface area contributed by atoms with E-state index in [-0.39, 0.29) is 0 Å². The zero-order valence-corrected chi connectivity index (χ0v) is 12.3. The van der Waals surface area contributed by atoms with Crippen LogP contribution in [-0.4, -0.2) is 20.9 Å². The maximum absolute atomic E-state index is 5.26. The van der Waals surface area contributed by atoms with Gasteiger partial charge in [0.2, 0.25) is 0 Å². The van der Waals surface area contributed by atoms with E-state index in [0.29, 0.717) is 11.2 Å². The van der Waals surface area contributed by atoms with E-state index < -0.39 is 0 Å². The van der Waals surface area contributed by atoms with Crippen molar-refractivity contribution in [3.05, 3.63) is 47.7 Å². The molecule has 1 aromatic heterocycles. The zero-order valence-electron chi connectivity index (χ0n) is 11.5. The molecule has 20 heavy (non-hydrogen) atoms. The minimum Gasteiger partial charge on any atom is -0.360 e. The predicted octanol–water partition coefficient (Wildman–Crippen LogP) is 2.69. The number of aromatic nitrogens is 2. The van der Waals surface area contributed by atoms with Gasteiger partial charge in [0.1, 0.15) is 0 Å². The number of thiocarbonyl (C=S) groups is 1. The second-order valence-electron chi connectivity index (χ2n) is 5.19. The van der Waals surface area contributed by atoms with Crippen molar-refractivity contribution < 1.29 is 0 Å². The lowest BCUT2D eigenvalue weighted by Crippen LogP contribution is -2.30.